The Bertz CT molecular complexity index is 972. The smallest absolute Gasteiger partial charge is 0.244 e. The van der Waals surface area contributed by atoms with Crippen molar-refractivity contribution >= 4 is 11.8 Å². The van der Waals surface area contributed by atoms with Crippen molar-refractivity contribution in [1.82, 2.24) is 24.6 Å². The number of aryl methyl sites for hydroxylation is 2. The lowest BCUT2D eigenvalue weighted by atomic mass is 9.70. The van der Waals surface area contributed by atoms with Gasteiger partial charge in [-0.25, -0.2) is 9.67 Å². The minimum Gasteiger partial charge on any atom is -0.340 e. The molecule has 0 saturated carbocycles. The Labute approximate surface area is 183 Å². The molecule has 2 amide bonds. The normalized spacial score (nSPS) is 27.9. The molecule has 1 aromatic carbocycles. The molecule has 3 aliphatic heterocycles. The van der Waals surface area contributed by atoms with E-state index in [1.807, 2.05) is 24.8 Å². The fraction of sp³-hybridized carbons (Fsp3) is 0.583. The Balaban J connectivity index is 1.39. The number of piperidine rings is 3. The van der Waals surface area contributed by atoms with Crippen molar-refractivity contribution in [2.24, 2.45) is 11.8 Å². The number of amides is 2. The standard InChI is InChI=1S/C24H31N5O2/c1-16-25-17(2)28(26-16)15-24(31)27-13-19-12-20(14-27)22(11-18-7-4-3-5-8-18)29-21(19)9-6-10-23(29)30/h3-5,7-8,19-22H,6,9-15H2,1-2H3/t19-,20+,21+,22+/m1/s1. The Morgan fingerprint density at radius 2 is 1.90 bits per heavy atom. The van der Waals surface area contributed by atoms with E-state index in [0.717, 1.165) is 44.6 Å². The Kier molecular flexibility index (Phi) is 5.28. The molecule has 4 atom stereocenters. The summed E-state index contributed by atoms with van der Waals surface area (Å²) in [5, 5.41) is 4.37. The number of rotatable bonds is 4. The molecule has 4 heterocycles. The molecule has 3 aliphatic rings. The SMILES string of the molecule is Cc1nc(C)n(CC(=O)N2C[C@H]3C[C@@H](C2)[C@H](Cc2ccccc2)N2C(=O)CCC[C@@H]32)n1. The lowest BCUT2D eigenvalue weighted by Crippen LogP contribution is -2.66. The van der Waals surface area contributed by atoms with Gasteiger partial charge in [0.2, 0.25) is 11.8 Å². The summed E-state index contributed by atoms with van der Waals surface area (Å²) in [5.74, 6) is 2.57. The maximum Gasteiger partial charge on any atom is 0.244 e. The van der Waals surface area contributed by atoms with Crippen molar-refractivity contribution < 1.29 is 9.59 Å². The van der Waals surface area contributed by atoms with Gasteiger partial charge in [-0.3, -0.25) is 9.59 Å². The third-order valence-electron chi connectivity index (χ3n) is 7.38. The maximum atomic E-state index is 13.2. The summed E-state index contributed by atoms with van der Waals surface area (Å²) >= 11 is 0. The van der Waals surface area contributed by atoms with E-state index in [0.29, 0.717) is 30.0 Å². The van der Waals surface area contributed by atoms with Gasteiger partial charge in [-0.2, -0.15) is 5.10 Å². The first-order valence-electron chi connectivity index (χ1n) is 11.5. The molecule has 31 heavy (non-hydrogen) atoms. The van der Waals surface area contributed by atoms with Crippen LogP contribution in [0.4, 0.5) is 0 Å². The fourth-order valence-corrected chi connectivity index (χ4v) is 6.04. The summed E-state index contributed by atoms with van der Waals surface area (Å²) < 4.78 is 1.71. The molecule has 2 bridgehead atoms. The van der Waals surface area contributed by atoms with Gasteiger partial charge in [-0.1, -0.05) is 30.3 Å². The molecule has 7 heteroatoms. The fourth-order valence-electron chi connectivity index (χ4n) is 6.04. The van der Waals surface area contributed by atoms with Crippen molar-refractivity contribution in [3.8, 4) is 0 Å². The predicted molar refractivity (Wildman–Crippen MR) is 116 cm³/mol. The Morgan fingerprint density at radius 3 is 2.65 bits per heavy atom. The zero-order valence-corrected chi connectivity index (χ0v) is 18.4. The third-order valence-corrected chi connectivity index (χ3v) is 7.38. The number of hydrogen-bond acceptors (Lipinski definition) is 4. The molecule has 1 aromatic heterocycles. The van der Waals surface area contributed by atoms with Crippen LogP contribution in [0.2, 0.25) is 0 Å². The second-order valence-electron chi connectivity index (χ2n) is 9.44. The molecule has 3 fully saturated rings. The van der Waals surface area contributed by atoms with Crippen LogP contribution in [0.25, 0.3) is 0 Å². The van der Waals surface area contributed by atoms with E-state index >= 15 is 0 Å². The average Bonchev–Trinajstić information content (AvgIpc) is 3.08. The molecule has 0 N–H and O–H groups in total. The molecule has 2 aromatic rings. The number of fused-ring (bicyclic) bond motifs is 4. The molecule has 0 spiro atoms. The zero-order chi connectivity index (χ0) is 21.5. The van der Waals surface area contributed by atoms with Gasteiger partial charge in [0.25, 0.3) is 0 Å². The minimum atomic E-state index is 0.108. The summed E-state index contributed by atoms with van der Waals surface area (Å²) in [5.41, 5.74) is 1.26. The summed E-state index contributed by atoms with van der Waals surface area (Å²) in [7, 11) is 0. The second-order valence-corrected chi connectivity index (χ2v) is 9.44. The van der Waals surface area contributed by atoms with E-state index in [1.54, 1.807) is 4.68 Å². The minimum absolute atomic E-state index is 0.108. The summed E-state index contributed by atoms with van der Waals surface area (Å²) in [6.07, 6.45) is 4.65. The first-order valence-corrected chi connectivity index (χ1v) is 11.5. The Hall–Kier alpha value is -2.70. The highest BCUT2D eigenvalue weighted by Crippen LogP contribution is 2.42. The van der Waals surface area contributed by atoms with E-state index < -0.39 is 0 Å². The molecule has 5 rings (SSSR count). The molecule has 164 valence electrons. The van der Waals surface area contributed by atoms with Crippen LogP contribution in [0.5, 0.6) is 0 Å². The van der Waals surface area contributed by atoms with Crippen LogP contribution >= 0.6 is 0 Å². The molecule has 3 saturated heterocycles. The number of hydrogen-bond donors (Lipinski definition) is 0. The van der Waals surface area contributed by atoms with Crippen molar-refractivity contribution in [2.75, 3.05) is 13.1 Å². The van der Waals surface area contributed by atoms with Crippen LogP contribution in [0.15, 0.2) is 30.3 Å². The maximum absolute atomic E-state index is 13.2. The third kappa shape index (κ3) is 3.86. The molecule has 7 nitrogen and oxygen atoms in total. The van der Waals surface area contributed by atoms with Crippen molar-refractivity contribution in [2.45, 2.75) is 64.6 Å². The van der Waals surface area contributed by atoms with Gasteiger partial charge in [0, 0.05) is 31.6 Å². The van der Waals surface area contributed by atoms with E-state index in [2.05, 4.69) is 39.2 Å². The van der Waals surface area contributed by atoms with Gasteiger partial charge >= 0.3 is 0 Å². The Morgan fingerprint density at radius 1 is 1.13 bits per heavy atom. The quantitative estimate of drug-likeness (QED) is 0.760. The largest absolute Gasteiger partial charge is 0.340 e. The summed E-state index contributed by atoms with van der Waals surface area (Å²) in [6.45, 7) is 5.44. The molecule has 0 unspecified atom stereocenters. The predicted octanol–water partition coefficient (Wildman–Crippen LogP) is 2.37. The number of carbonyl (C=O) groups excluding carboxylic acids is 2. The van der Waals surface area contributed by atoms with Crippen LogP contribution in [0.3, 0.4) is 0 Å². The van der Waals surface area contributed by atoms with Crippen LogP contribution in [0, 0.1) is 25.7 Å². The van der Waals surface area contributed by atoms with E-state index in [1.165, 1.54) is 5.56 Å². The topological polar surface area (TPSA) is 71.3 Å². The lowest BCUT2D eigenvalue weighted by molar-refractivity contribution is -0.156. The monoisotopic (exact) mass is 421 g/mol. The number of likely N-dealkylation sites (tertiary alicyclic amines) is 1. The van der Waals surface area contributed by atoms with Gasteiger partial charge in [0.15, 0.2) is 0 Å². The highest BCUT2D eigenvalue weighted by molar-refractivity contribution is 5.78. The highest BCUT2D eigenvalue weighted by atomic mass is 16.2. The van der Waals surface area contributed by atoms with Gasteiger partial charge < -0.3 is 9.80 Å². The molecular formula is C24H31N5O2. The van der Waals surface area contributed by atoms with Crippen LogP contribution in [-0.2, 0) is 22.6 Å². The number of carbonyl (C=O) groups is 2. The summed E-state index contributed by atoms with van der Waals surface area (Å²) in [6, 6.07) is 10.9. The van der Waals surface area contributed by atoms with Crippen molar-refractivity contribution in [3.63, 3.8) is 0 Å². The van der Waals surface area contributed by atoms with Gasteiger partial charge in [-0.05, 0) is 56.9 Å². The number of benzene rings is 1. The molecule has 0 radical (unpaired) electrons. The number of nitrogens with zero attached hydrogens (tertiary/aromatic N) is 5. The highest BCUT2D eigenvalue weighted by Gasteiger charge is 2.49. The van der Waals surface area contributed by atoms with E-state index in [4.69, 9.17) is 0 Å². The van der Waals surface area contributed by atoms with Crippen LogP contribution in [0.1, 0.15) is 42.9 Å². The van der Waals surface area contributed by atoms with Gasteiger partial charge in [-0.15, -0.1) is 0 Å². The van der Waals surface area contributed by atoms with Crippen molar-refractivity contribution in [1.29, 1.82) is 0 Å². The lowest BCUT2D eigenvalue weighted by Gasteiger charge is -2.56. The zero-order valence-electron chi connectivity index (χ0n) is 18.4. The van der Waals surface area contributed by atoms with Crippen LogP contribution < -0.4 is 0 Å². The number of aromatic nitrogens is 3. The summed E-state index contributed by atoms with van der Waals surface area (Å²) in [4.78, 5) is 34.8. The van der Waals surface area contributed by atoms with E-state index in [-0.39, 0.29) is 24.5 Å². The van der Waals surface area contributed by atoms with Gasteiger partial charge in [0.05, 0.1) is 0 Å². The first-order chi connectivity index (χ1) is 15.0. The van der Waals surface area contributed by atoms with Crippen LogP contribution in [-0.4, -0.2) is 61.6 Å². The molecular weight excluding hydrogens is 390 g/mol. The van der Waals surface area contributed by atoms with E-state index in [9.17, 15) is 9.59 Å². The second kappa shape index (κ2) is 8.09. The molecule has 0 aliphatic carbocycles. The first kappa shape index (κ1) is 20.2. The van der Waals surface area contributed by atoms with Gasteiger partial charge in [0.1, 0.15) is 18.2 Å². The average molecular weight is 422 g/mol. The van der Waals surface area contributed by atoms with Crippen molar-refractivity contribution in [3.05, 3.63) is 47.5 Å².